The molecule has 0 saturated heterocycles. The quantitative estimate of drug-likeness (QED) is 0.0940. The van der Waals surface area contributed by atoms with Crippen molar-refractivity contribution in [3.05, 3.63) is 0 Å². The fourth-order valence-electron chi connectivity index (χ4n) is 0. The number of carbonyl (C=O) groups excluding carboxylic acids is 6. The summed E-state index contributed by atoms with van der Waals surface area (Å²) in [6.07, 6.45) is 0. The van der Waals surface area contributed by atoms with Gasteiger partial charge in [-0.05, 0) is 0 Å². The summed E-state index contributed by atoms with van der Waals surface area (Å²) in [7, 11) is -15.5. The topological polar surface area (TPSA) is 572 Å². The van der Waals surface area contributed by atoms with Crippen molar-refractivity contribution in [1.29, 1.82) is 0 Å². The van der Waals surface area contributed by atoms with Crippen LogP contribution in [0.15, 0.2) is 0 Å². The van der Waals surface area contributed by atoms with Gasteiger partial charge in [0, 0.05) is 31.2 Å². The van der Waals surface area contributed by atoms with Crippen LogP contribution in [-0.2, 0) is 145 Å². The molecule has 0 bridgehead atoms. The molecule has 0 unspecified atom stereocenters. The molecule has 0 aliphatic carbocycles. The molecule has 0 spiro atoms. The Balaban J connectivity index is -0.00000000535. The van der Waals surface area contributed by atoms with Crippen molar-refractivity contribution < 1.29 is 369 Å². The van der Waals surface area contributed by atoms with Crippen molar-refractivity contribution in [2.45, 2.75) is 0 Å². The molecule has 0 aromatic heterocycles. The average molecular weight is 1150 g/mol. The maximum Gasteiger partial charge on any atom is 3.00 e. The summed E-state index contributed by atoms with van der Waals surface area (Å²) in [5.41, 5.74) is 0. The second-order valence-corrected chi connectivity index (χ2v) is 5.40. The van der Waals surface area contributed by atoms with E-state index in [1.807, 2.05) is 0 Å². The SMILES string of the molecule is O=C([O-])C(=O)[O-].O=C([O-])C(=O)[O-].O=C([O-])C(=O)[O-].O=S(=O)([O-])[O-].O=S(=O)([O-])[O-].O=S(=O)([O-])[O-].[AlH3].[AlH3].[AlH3].[AlH3].[AlH3].[Fe+3].[Fe+3].[Fe+3].[Fe+3].[Fe+3].[H-].[H-].[H-].[H-].[H-].[Na+].[Na+].[Na+].[Na+].[Na+].[OH-].[OH-].[OH-]. The smallest absolute Gasteiger partial charge is 1.00 e. The average Bonchev–Trinajstić information content (AvgIpc) is 2.42. The van der Waals surface area contributed by atoms with E-state index in [0.717, 1.165) is 0 Å². The first-order chi connectivity index (χ1) is 13.9. The Kier molecular flexibility index (Phi) is 309. The van der Waals surface area contributed by atoms with Gasteiger partial charge in [-0.3, -0.25) is 25.3 Å². The van der Waals surface area contributed by atoms with E-state index < -0.39 is 67.0 Å². The first kappa shape index (κ1) is 163. The standard InChI is InChI=1S/3C2H2O4.5Al.5Fe.5Na.3H2O4S.3H2O.20H/c3*3-1(4)2(5)6;;;;;;;;;;;;;;;;3*1-5(2,3)4;;;;;;;;;;;;;;;;;;;;;;;/h3*(H,3,4)(H,5,6);;;;;;;;;;;;;;;;3*(H2,1,2,3,4);3*1H2;;;;;;;;;;;;;;;;;;;;/q;;;;;;;;5*+3;5*+1;;;;;;;;;;;;;;;;;;;;;;5*-1/p-15. The van der Waals surface area contributed by atoms with Crippen molar-refractivity contribution in [3.63, 3.8) is 0 Å². The Morgan fingerprint density at radius 3 is 0.314 bits per heavy atom. The molecule has 0 aromatic carbocycles. The van der Waals surface area contributed by atoms with Crippen LogP contribution in [0.2, 0.25) is 0 Å². The Morgan fingerprint density at radius 1 is 0.294 bits per heavy atom. The van der Waals surface area contributed by atoms with Gasteiger partial charge >= 0.3 is 233 Å². The van der Waals surface area contributed by atoms with Gasteiger partial charge < -0.3 is 110 Å². The molecule has 27 nitrogen and oxygen atoms in total. The minimum Gasteiger partial charge on any atom is -1.00 e. The third-order valence-electron chi connectivity index (χ3n) is 0.500. The molecule has 0 saturated carbocycles. The molecule has 0 amide bonds. The molecular formula is C6H23Al5Fe5Na5O27S3. The number of carboxylic acid groups (broad SMARTS) is 6. The van der Waals surface area contributed by atoms with Crippen molar-refractivity contribution in [1.82, 2.24) is 0 Å². The van der Waals surface area contributed by atoms with E-state index in [9.17, 15) is 0 Å². The summed E-state index contributed by atoms with van der Waals surface area (Å²) in [6, 6.07) is 0. The van der Waals surface area contributed by atoms with Crippen LogP contribution in [-0.4, -0.2) is 192 Å². The number of hydrogen-bond acceptors (Lipinski definition) is 27. The van der Waals surface area contributed by atoms with Gasteiger partial charge in [0.25, 0.3) is 0 Å². The van der Waals surface area contributed by atoms with Crippen LogP contribution in [0.5, 0.6) is 0 Å². The maximum atomic E-state index is 8.93. The van der Waals surface area contributed by atoms with Crippen molar-refractivity contribution in [2.75, 3.05) is 0 Å². The van der Waals surface area contributed by atoms with Crippen LogP contribution in [0.4, 0.5) is 0 Å². The van der Waals surface area contributed by atoms with Gasteiger partial charge in [0.15, 0.2) is 86.8 Å². The van der Waals surface area contributed by atoms with Gasteiger partial charge in [-0.2, -0.15) is 0 Å². The Bertz CT molecular complexity index is 867. The fraction of sp³-hybridized carbons (Fsp3) is 0. The summed E-state index contributed by atoms with van der Waals surface area (Å²) < 4.78 is 102. The normalized spacial score (nSPS) is 6.00. The largest absolute Gasteiger partial charge is 3.00 e. The molecule has 0 fully saturated rings. The molecule has 5 radical (unpaired) electrons. The summed E-state index contributed by atoms with van der Waals surface area (Å²) in [4.78, 5) is 53.6. The zero-order valence-corrected chi connectivity index (χ0v) is 40.1. The zero-order chi connectivity index (χ0) is 29.0. The van der Waals surface area contributed by atoms with Crippen molar-refractivity contribution in [3.8, 4) is 0 Å². The Morgan fingerprint density at radius 2 is 0.314 bits per heavy atom. The van der Waals surface area contributed by atoms with Crippen LogP contribution in [0.25, 0.3) is 0 Å². The molecule has 0 heterocycles. The molecule has 0 aromatic rings. The van der Waals surface area contributed by atoms with Crippen LogP contribution < -0.4 is 178 Å². The van der Waals surface area contributed by atoms with Gasteiger partial charge in [-0.15, -0.1) is 0 Å². The Labute approximate surface area is 513 Å². The van der Waals surface area contributed by atoms with Crippen LogP contribution in [0, 0.1) is 0 Å². The van der Waals surface area contributed by atoms with Gasteiger partial charge in [-0.1, -0.05) is 0 Å². The predicted octanol–water partition coefficient (Wildman–Crippen LogP) is -35.4. The van der Waals surface area contributed by atoms with Crippen LogP contribution in [0.3, 0.4) is 0 Å². The van der Waals surface area contributed by atoms with Gasteiger partial charge in [0.1, 0.15) is 0 Å². The summed E-state index contributed by atoms with van der Waals surface area (Å²) in [6.45, 7) is 0. The van der Waals surface area contributed by atoms with E-state index in [0.29, 0.717) is 0 Å². The first-order valence-electron chi connectivity index (χ1n) is 5.20. The Hall–Kier alpha value is 6.57. The van der Waals surface area contributed by atoms with Crippen LogP contribution in [0.1, 0.15) is 7.13 Å². The van der Waals surface area contributed by atoms with E-state index in [1.165, 1.54) is 0 Å². The number of hydrogen-bond donors (Lipinski definition) is 0. The molecular weight excluding hydrogens is 1130 g/mol. The molecule has 0 rings (SSSR count). The number of carboxylic acids is 6. The van der Waals surface area contributed by atoms with E-state index in [4.69, 9.17) is 112 Å². The molecule has 3 N–H and O–H groups in total. The second-order valence-electron chi connectivity index (χ2n) is 2.95. The molecule has 0 aliphatic rings. The molecule has 45 heteroatoms. The number of carbonyl (C=O) groups is 6. The number of rotatable bonds is 0. The van der Waals surface area contributed by atoms with E-state index >= 15 is 0 Å². The molecule has 0 atom stereocenters. The van der Waals surface area contributed by atoms with Crippen molar-refractivity contribution in [2.24, 2.45) is 0 Å². The van der Waals surface area contributed by atoms with E-state index in [-0.39, 0.29) is 343 Å². The molecule has 51 heavy (non-hydrogen) atoms. The molecule has 287 valence electrons. The summed E-state index contributed by atoms with van der Waals surface area (Å²) in [5, 5.41) is 53.6. The van der Waals surface area contributed by atoms with Crippen molar-refractivity contribution >= 4 is 154 Å². The maximum absolute atomic E-state index is 8.93. The summed E-state index contributed by atoms with van der Waals surface area (Å²) in [5.74, 6) is -13.1. The minimum absolute atomic E-state index is 0. The fourth-order valence-corrected chi connectivity index (χ4v) is 0. The van der Waals surface area contributed by atoms with Gasteiger partial charge in [0.2, 0.25) is 0 Å². The van der Waals surface area contributed by atoms with Gasteiger partial charge in [0.05, 0.1) is 35.8 Å². The van der Waals surface area contributed by atoms with Gasteiger partial charge in [-0.25, -0.2) is 0 Å². The third-order valence-corrected chi connectivity index (χ3v) is 0.500. The third kappa shape index (κ3) is 489. The van der Waals surface area contributed by atoms with E-state index in [1.54, 1.807) is 0 Å². The monoisotopic (exact) mass is 1150 g/mol. The van der Waals surface area contributed by atoms with Crippen LogP contribution >= 0.6 is 0 Å². The number of aliphatic carboxylic acids is 6. The predicted molar refractivity (Wildman–Crippen MR) is 123 cm³/mol. The summed E-state index contributed by atoms with van der Waals surface area (Å²) >= 11 is 0. The molecule has 0 aliphatic heterocycles. The zero-order valence-electron chi connectivity index (χ0n) is 27.1. The second kappa shape index (κ2) is 96.4. The first-order valence-corrected chi connectivity index (χ1v) is 9.20. The minimum atomic E-state index is -5.17. The van der Waals surface area contributed by atoms with E-state index in [2.05, 4.69) is 0 Å².